The van der Waals surface area contributed by atoms with Gasteiger partial charge in [-0.1, -0.05) is 6.07 Å². The van der Waals surface area contributed by atoms with E-state index < -0.39 is 12.6 Å². The van der Waals surface area contributed by atoms with Crippen molar-refractivity contribution in [2.45, 2.75) is 6.61 Å². The zero-order valence-electron chi connectivity index (χ0n) is 8.27. The number of carbonyl (C=O) groups excluding carboxylic acids is 1. The number of aliphatic hydroxyl groups excluding tert-OH is 1. The van der Waals surface area contributed by atoms with Crippen LogP contribution in [0.25, 0.3) is 0 Å². The lowest BCUT2D eigenvalue weighted by atomic mass is 10.2. The Labute approximate surface area is 86.9 Å². The van der Waals surface area contributed by atoms with Gasteiger partial charge in [0.2, 0.25) is 0 Å². The fourth-order valence-corrected chi connectivity index (χ4v) is 1.02. The summed E-state index contributed by atoms with van der Waals surface area (Å²) in [6, 6.07) is 4.60. The lowest BCUT2D eigenvalue weighted by molar-refractivity contribution is -0.148. The van der Waals surface area contributed by atoms with Gasteiger partial charge in [-0.3, -0.25) is 0 Å². The number of aliphatic hydroxyl groups is 1. The first-order valence-corrected chi connectivity index (χ1v) is 4.29. The second-order valence-corrected chi connectivity index (χ2v) is 2.82. The molecule has 0 unspecified atom stereocenters. The Balaban J connectivity index is 2.66. The Morgan fingerprint density at radius 1 is 1.47 bits per heavy atom. The standard InChI is InChI=1S/C10H12O5/c1-14-9-4-7(2-3-8(9)12)6-15-10(13)5-11/h2-4,11-12H,5-6H2,1H3. The number of hydrogen-bond donors (Lipinski definition) is 2. The van der Waals surface area contributed by atoms with E-state index in [1.54, 1.807) is 12.1 Å². The third kappa shape index (κ3) is 3.14. The first kappa shape index (κ1) is 11.3. The first-order chi connectivity index (χ1) is 7.17. The number of carbonyl (C=O) groups is 1. The molecule has 1 aromatic carbocycles. The van der Waals surface area contributed by atoms with Gasteiger partial charge < -0.3 is 19.7 Å². The highest BCUT2D eigenvalue weighted by atomic mass is 16.5. The van der Waals surface area contributed by atoms with E-state index in [1.807, 2.05) is 0 Å². The van der Waals surface area contributed by atoms with Crippen molar-refractivity contribution in [1.82, 2.24) is 0 Å². The Morgan fingerprint density at radius 3 is 2.80 bits per heavy atom. The molecule has 1 rings (SSSR count). The highest BCUT2D eigenvalue weighted by Crippen LogP contribution is 2.26. The van der Waals surface area contributed by atoms with Gasteiger partial charge in [0.15, 0.2) is 11.5 Å². The highest BCUT2D eigenvalue weighted by molar-refractivity contribution is 5.70. The van der Waals surface area contributed by atoms with Crippen molar-refractivity contribution < 1.29 is 24.5 Å². The highest BCUT2D eigenvalue weighted by Gasteiger charge is 2.05. The summed E-state index contributed by atoms with van der Waals surface area (Å²) in [5.41, 5.74) is 0.673. The van der Waals surface area contributed by atoms with Gasteiger partial charge in [0.1, 0.15) is 13.2 Å². The average Bonchev–Trinajstić information content (AvgIpc) is 2.27. The van der Waals surface area contributed by atoms with Crippen LogP contribution in [0.1, 0.15) is 5.56 Å². The number of hydrogen-bond acceptors (Lipinski definition) is 5. The number of phenols is 1. The molecule has 82 valence electrons. The monoisotopic (exact) mass is 212 g/mol. The predicted molar refractivity (Wildman–Crippen MR) is 51.5 cm³/mol. The molecular weight excluding hydrogens is 200 g/mol. The summed E-state index contributed by atoms with van der Waals surface area (Å²) in [7, 11) is 1.43. The molecule has 0 aliphatic heterocycles. The predicted octanol–water partition coefficient (Wildman–Crippen LogP) is 0.436. The van der Waals surface area contributed by atoms with Crippen molar-refractivity contribution >= 4 is 5.97 Å². The maximum absolute atomic E-state index is 10.7. The van der Waals surface area contributed by atoms with Crippen molar-refractivity contribution in [3.63, 3.8) is 0 Å². The Bertz CT molecular complexity index is 348. The molecule has 2 N–H and O–H groups in total. The van der Waals surface area contributed by atoms with E-state index in [0.29, 0.717) is 11.3 Å². The summed E-state index contributed by atoms with van der Waals surface area (Å²) >= 11 is 0. The summed E-state index contributed by atoms with van der Waals surface area (Å²) in [4.78, 5) is 10.7. The quantitative estimate of drug-likeness (QED) is 0.708. The molecule has 0 atom stereocenters. The molecule has 0 heterocycles. The summed E-state index contributed by atoms with van der Waals surface area (Å²) in [6.45, 7) is -0.606. The van der Waals surface area contributed by atoms with Crippen molar-refractivity contribution in [3.8, 4) is 11.5 Å². The minimum Gasteiger partial charge on any atom is -0.504 e. The zero-order chi connectivity index (χ0) is 11.3. The SMILES string of the molecule is COc1cc(COC(=O)CO)ccc1O. The number of phenolic OH excluding ortho intramolecular Hbond substituents is 1. The molecule has 5 heteroatoms. The molecular formula is C10H12O5. The van der Waals surface area contributed by atoms with Crippen molar-refractivity contribution in [1.29, 1.82) is 0 Å². The van der Waals surface area contributed by atoms with Crippen LogP contribution in [-0.4, -0.2) is 29.9 Å². The number of ether oxygens (including phenoxy) is 2. The van der Waals surface area contributed by atoms with Crippen molar-refractivity contribution in [2.24, 2.45) is 0 Å². The summed E-state index contributed by atoms with van der Waals surface area (Å²) in [6.07, 6.45) is 0. The van der Waals surface area contributed by atoms with Crippen LogP contribution < -0.4 is 4.74 Å². The zero-order valence-corrected chi connectivity index (χ0v) is 8.27. The van der Waals surface area contributed by atoms with Crippen LogP contribution in [0.4, 0.5) is 0 Å². The molecule has 0 saturated carbocycles. The maximum Gasteiger partial charge on any atom is 0.332 e. The van der Waals surface area contributed by atoms with Crippen LogP contribution >= 0.6 is 0 Å². The Morgan fingerprint density at radius 2 is 2.20 bits per heavy atom. The van der Waals surface area contributed by atoms with Crippen LogP contribution in [0.2, 0.25) is 0 Å². The molecule has 0 spiro atoms. The van der Waals surface area contributed by atoms with Gasteiger partial charge in [-0.15, -0.1) is 0 Å². The maximum atomic E-state index is 10.7. The smallest absolute Gasteiger partial charge is 0.332 e. The molecule has 0 aliphatic rings. The van der Waals surface area contributed by atoms with E-state index in [4.69, 9.17) is 14.6 Å². The van der Waals surface area contributed by atoms with Crippen molar-refractivity contribution in [2.75, 3.05) is 13.7 Å². The van der Waals surface area contributed by atoms with Gasteiger partial charge >= 0.3 is 5.97 Å². The summed E-state index contributed by atoms with van der Waals surface area (Å²) in [5, 5.41) is 17.7. The first-order valence-electron chi connectivity index (χ1n) is 4.29. The van der Waals surface area contributed by atoms with Crippen LogP contribution in [0.5, 0.6) is 11.5 Å². The van der Waals surface area contributed by atoms with Crippen LogP contribution in [0.15, 0.2) is 18.2 Å². The van der Waals surface area contributed by atoms with Crippen LogP contribution in [0.3, 0.4) is 0 Å². The van der Waals surface area contributed by atoms with Gasteiger partial charge in [-0.2, -0.15) is 0 Å². The van der Waals surface area contributed by atoms with Gasteiger partial charge in [0.05, 0.1) is 7.11 Å². The Kier molecular flexibility index (Phi) is 3.93. The minimum absolute atomic E-state index is 0.0229. The number of esters is 1. The van der Waals surface area contributed by atoms with Gasteiger partial charge in [0, 0.05) is 0 Å². The lowest BCUT2D eigenvalue weighted by Crippen LogP contribution is -2.08. The van der Waals surface area contributed by atoms with Crippen molar-refractivity contribution in [3.05, 3.63) is 23.8 Å². The molecule has 1 aromatic rings. The molecule has 0 bridgehead atoms. The van der Waals surface area contributed by atoms with Crippen LogP contribution in [-0.2, 0) is 16.1 Å². The largest absolute Gasteiger partial charge is 0.504 e. The average molecular weight is 212 g/mol. The fraction of sp³-hybridized carbons (Fsp3) is 0.300. The summed E-state index contributed by atoms with van der Waals surface area (Å²) < 4.78 is 9.57. The number of benzene rings is 1. The van der Waals surface area contributed by atoms with E-state index in [2.05, 4.69) is 0 Å². The third-order valence-electron chi connectivity index (χ3n) is 1.77. The Hall–Kier alpha value is -1.75. The second-order valence-electron chi connectivity index (χ2n) is 2.82. The van der Waals surface area contributed by atoms with Gasteiger partial charge in [0.25, 0.3) is 0 Å². The van der Waals surface area contributed by atoms with E-state index >= 15 is 0 Å². The number of methoxy groups -OCH3 is 1. The molecule has 0 aliphatic carbocycles. The lowest BCUT2D eigenvalue weighted by Gasteiger charge is -2.06. The molecule has 0 fully saturated rings. The molecule has 0 amide bonds. The fourth-order valence-electron chi connectivity index (χ4n) is 1.02. The number of aromatic hydroxyl groups is 1. The molecule has 0 radical (unpaired) electrons. The van der Waals surface area contributed by atoms with E-state index in [-0.39, 0.29) is 12.4 Å². The topological polar surface area (TPSA) is 76.0 Å². The molecule has 0 saturated heterocycles. The molecule has 0 aromatic heterocycles. The number of rotatable bonds is 4. The van der Waals surface area contributed by atoms with Gasteiger partial charge in [-0.25, -0.2) is 4.79 Å². The normalized spacial score (nSPS) is 9.73. The molecule has 5 nitrogen and oxygen atoms in total. The third-order valence-corrected chi connectivity index (χ3v) is 1.77. The van der Waals surface area contributed by atoms with E-state index in [1.165, 1.54) is 13.2 Å². The van der Waals surface area contributed by atoms with Gasteiger partial charge in [-0.05, 0) is 17.7 Å². The molecule has 15 heavy (non-hydrogen) atoms. The van der Waals surface area contributed by atoms with E-state index in [0.717, 1.165) is 0 Å². The minimum atomic E-state index is -0.693. The van der Waals surface area contributed by atoms with Crippen LogP contribution in [0, 0.1) is 0 Å². The second kappa shape index (κ2) is 5.21. The summed E-state index contributed by atoms with van der Waals surface area (Å²) in [5.74, 6) is -0.357. The van der Waals surface area contributed by atoms with E-state index in [9.17, 15) is 9.90 Å².